The first-order valence-electron chi connectivity index (χ1n) is 5.80. The first kappa shape index (κ1) is 10.8. The fourth-order valence-electron chi connectivity index (χ4n) is 3.00. The highest BCUT2D eigenvalue weighted by molar-refractivity contribution is 7.12. The third-order valence-corrected chi connectivity index (χ3v) is 4.73. The van der Waals surface area contributed by atoms with Gasteiger partial charge < -0.3 is 10.4 Å². The summed E-state index contributed by atoms with van der Waals surface area (Å²) in [4.78, 5) is 23.1. The van der Waals surface area contributed by atoms with Gasteiger partial charge in [0.15, 0.2) is 0 Å². The molecule has 4 nitrogen and oxygen atoms in total. The standard InChI is InChI=1S/C12H13NO3S/c14-11(9-6-2-1-3-7(6)9)13-8-4-5-17-10(8)12(15)16/h4-7,9H,1-3H2,(H,13,14)(H,15,16). The number of amides is 1. The van der Waals surface area contributed by atoms with E-state index < -0.39 is 5.97 Å². The van der Waals surface area contributed by atoms with E-state index in [4.69, 9.17) is 5.11 Å². The number of thiophene rings is 1. The van der Waals surface area contributed by atoms with Crippen LogP contribution in [0, 0.1) is 17.8 Å². The third-order valence-electron chi connectivity index (χ3n) is 3.83. The van der Waals surface area contributed by atoms with Crippen molar-refractivity contribution in [1.29, 1.82) is 0 Å². The van der Waals surface area contributed by atoms with Gasteiger partial charge in [-0.05, 0) is 36.1 Å². The summed E-state index contributed by atoms with van der Waals surface area (Å²) in [6, 6.07) is 1.66. The number of hydrogen-bond acceptors (Lipinski definition) is 3. The fraction of sp³-hybridized carbons (Fsp3) is 0.500. The molecular weight excluding hydrogens is 238 g/mol. The van der Waals surface area contributed by atoms with Gasteiger partial charge in [0, 0.05) is 5.92 Å². The average Bonchev–Trinajstić information content (AvgIpc) is 2.71. The Labute approximate surface area is 103 Å². The van der Waals surface area contributed by atoms with E-state index in [0.29, 0.717) is 17.5 Å². The third kappa shape index (κ3) is 1.74. The quantitative estimate of drug-likeness (QED) is 0.867. The molecule has 2 fully saturated rings. The number of nitrogens with one attached hydrogen (secondary N) is 1. The second-order valence-electron chi connectivity index (χ2n) is 4.74. The summed E-state index contributed by atoms with van der Waals surface area (Å²) in [7, 11) is 0. The number of hydrogen-bond donors (Lipinski definition) is 2. The largest absolute Gasteiger partial charge is 0.477 e. The van der Waals surface area contributed by atoms with Crippen LogP contribution in [0.15, 0.2) is 11.4 Å². The van der Waals surface area contributed by atoms with Crippen LogP contribution in [0.4, 0.5) is 5.69 Å². The molecule has 0 radical (unpaired) electrons. The van der Waals surface area contributed by atoms with Crippen LogP contribution in [0.2, 0.25) is 0 Å². The van der Waals surface area contributed by atoms with Crippen LogP contribution in [0.25, 0.3) is 0 Å². The zero-order valence-corrected chi connectivity index (χ0v) is 10.00. The van der Waals surface area contributed by atoms with Crippen molar-refractivity contribution >= 4 is 28.9 Å². The zero-order valence-electron chi connectivity index (χ0n) is 9.18. The topological polar surface area (TPSA) is 66.4 Å². The van der Waals surface area contributed by atoms with Gasteiger partial charge in [0.1, 0.15) is 4.88 Å². The van der Waals surface area contributed by atoms with Gasteiger partial charge in [0.25, 0.3) is 0 Å². The number of carbonyl (C=O) groups is 2. The Hall–Kier alpha value is -1.36. The summed E-state index contributed by atoms with van der Waals surface area (Å²) in [5.74, 6) is 0.265. The molecule has 90 valence electrons. The SMILES string of the molecule is O=C(O)c1sccc1NC(=O)C1C2CCCC21. The van der Waals surface area contributed by atoms with E-state index in [-0.39, 0.29) is 16.7 Å². The van der Waals surface area contributed by atoms with Crippen molar-refractivity contribution in [3.05, 3.63) is 16.3 Å². The molecule has 0 aromatic carbocycles. The lowest BCUT2D eigenvalue weighted by Crippen LogP contribution is -2.17. The van der Waals surface area contributed by atoms with Crippen LogP contribution in [0.3, 0.4) is 0 Å². The van der Waals surface area contributed by atoms with Crippen LogP contribution >= 0.6 is 11.3 Å². The maximum Gasteiger partial charge on any atom is 0.348 e. The Balaban J connectivity index is 1.69. The normalized spacial score (nSPS) is 29.8. The number of fused-ring (bicyclic) bond motifs is 1. The van der Waals surface area contributed by atoms with E-state index in [0.717, 1.165) is 24.2 Å². The Morgan fingerprint density at radius 3 is 2.71 bits per heavy atom. The second-order valence-corrected chi connectivity index (χ2v) is 5.66. The molecule has 2 saturated carbocycles. The van der Waals surface area contributed by atoms with Crippen LogP contribution in [0.1, 0.15) is 28.9 Å². The van der Waals surface area contributed by atoms with Crippen molar-refractivity contribution < 1.29 is 14.7 Å². The van der Waals surface area contributed by atoms with Gasteiger partial charge in [-0.2, -0.15) is 0 Å². The van der Waals surface area contributed by atoms with Gasteiger partial charge in [-0.25, -0.2) is 4.79 Å². The predicted octanol–water partition coefficient (Wildman–Crippen LogP) is 2.43. The van der Waals surface area contributed by atoms with Crippen LogP contribution < -0.4 is 5.32 Å². The summed E-state index contributed by atoms with van der Waals surface area (Å²) in [5.41, 5.74) is 0.442. The number of rotatable bonds is 3. The maximum atomic E-state index is 12.0. The molecule has 1 heterocycles. The lowest BCUT2D eigenvalue weighted by atomic mass is 10.1. The number of carbonyl (C=O) groups excluding carboxylic acids is 1. The van der Waals surface area contributed by atoms with E-state index in [1.807, 2.05) is 0 Å². The Morgan fingerprint density at radius 2 is 2.06 bits per heavy atom. The summed E-state index contributed by atoms with van der Waals surface area (Å²) < 4.78 is 0. The monoisotopic (exact) mass is 251 g/mol. The van der Waals surface area contributed by atoms with Gasteiger partial charge in [-0.15, -0.1) is 11.3 Å². The Bertz CT molecular complexity index is 472. The zero-order chi connectivity index (χ0) is 12.0. The fourth-order valence-corrected chi connectivity index (χ4v) is 3.69. The van der Waals surface area contributed by atoms with Crippen LogP contribution in [0.5, 0.6) is 0 Å². The first-order valence-corrected chi connectivity index (χ1v) is 6.68. The molecule has 1 amide bonds. The number of carboxylic acids is 1. The molecule has 0 spiro atoms. The predicted molar refractivity (Wildman–Crippen MR) is 64.2 cm³/mol. The van der Waals surface area contributed by atoms with E-state index in [1.54, 1.807) is 11.4 Å². The molecule has 2 unspecified atom stereocenters. The van der Waals surface area contributed by atoms with Crippen molar-refractivity contribution in [2.75, 3.05) is 5.32 Å². The molecule has 0 aliphatic heterocycles. The molecule has 2 aliphatic rings. The van der Waals surface area contributed by atoms with Gasteiger partial charge >= 0.3 is 5.97 Å². The average molecular weight is 251 g/mol. The summed E-state index contributed by atoms with van der Waals surface area (Å²) in [6.45, 7) is 0. The smallest absolute Gasteiger partial charge is 0.348 e. The molecular formula is C12H13NO3S. The van der Waals surface area contributed by atoms with Crippen molar-refractivity contribution in [3.8, 4) is 0 Å². The minimum Gasteiger partial charge on any atom is -0.477 e. The highest BCUT2D eigenvalue weighted by Gasteiger charge is 2.56. The molecule has 2 N–H and O–H groups in total. The van der Waals surface area contributed by atoms with Gasteiger partial charge in [-0.1, -0.05) is 6.42 Å². The molecule has 0 saturated heterocycles. The minimum atomic E-state index is -0.980. The van der Waals surface area contributed by atoms with Crippen LogP contribution in [-0.2, 0) is 4.79 Å². The maximum absolute atomic E-state index is 12.0. The first-order chi connectivity index (χ1) is 8.18. The number of anilines is 1. The second kappa shape index (κ2) is 3.84. The number of carboxylic acid groups (broad SMARTS) is 1. The summed E-state index contributed by atoms with van der Waals surface area (Å²) >= 11 is 1.14. The summed E-state index contributed by atoms with van der Waals surface area (Å²) in [6.07, 6.45) is 3.54. The molecule has 5 heteroatoms. The molecule has 2 aliphatic carbocycles. The van der Waals surface area contributed by atoms with Gasteiger partial charge in [0.2, 0.25) is 5.91 Å². The molecule has 17 heavy (non-hydrogen) atoms. The van der Waals surface area contributed by atoms with Crippen molar-refractivity contribution in [2.45, 2.75) is 19.3 Å². The summed E-state index contributed by atoms with van der Waals surface area (Å²) in [5, 5.41) is 13.4. The number of aromatic carboxylic acids is 1. The van der Waals surface area contributed by atoms with E-state index in [9.17, 15) is 9.59 Å². The van der Waals surface area contributed by atoms with E-state index in [1.165, 1.54) is 6.42 Å². The molecule has 0 bridgehead atoms. The van der Waals surface area contributed by atoms with E-state index >= 15 is 0 Å². The molecule has 1 aromatic rings. The van der Waals surface area contributed by atoms with Crippen molar-refractivity contribution in [2.24, 2.45) is 17.8 Å². The van der Waals surface area contributed by atoms with Gasteiger partial charge in [-0.3, -0.25) is 4.79 Å². The lowest BCUT2D eigenvalue weighted by molar-refractivity contribution is -0.118. The highest BCUT2D eigenvalue weighted by Crippen LogP contribution is 2.57. The van der Waals surface area contributed by atoms with Crippen molar-refractivity contribution in [1.82, 2.24) is 0 Å². The Morgan fingerprint density at radius 1 is 1.35 bits per heavy atom. The van der Waals surface area contributed by atoms with E-state index in [2.05, 4.69) is 5.32 Å². The lowest BCUT2D eigenvalue weighted by Gasteiger charge is -2.05. The minimum absolute atomic E-state index is 0.000556. The Kier molecular flexibility index (Phi) is 2.43. The molecule has 1 aromatic heterocycles. The van der Waals surface area contributed by atoms with Gasteiger partial charge in [0.05, 0.1) is 5.69 Å². The van der Waals surface area contributed by atoms with Crippen LogP contribution in [-0.4, -0.2) is 17.0 Å². The molecule has 3 rings (SSSR count). The highest BCUT2D eigenvalue weighted by atomic mass is 32.1. The molecule has 2 atom stereocenters. The van der Waals surface area contributed by atoms with Crippen molar-refractivity contribution in [3.63, 3.8) is 0 Å².